The lowest BCUT2D eigenvalue weighted by Gasteiger charge is -2.34. The molecule has 1 saturated carbocycles. The number of hydrogen-bond acceptors (Lipinski definition) is 2. The van der Waals surface area contributed by atoms with Gasteiger partial charge in [0.25, 0.3) is 0 Å². The van der Waals surface area contributed by atoms with Gasteiger partial charge < -0.3 is 10.2 Å². The smallest absolute Gasteiger partial charge is 0.225 e. The monoisotopic (exact) mass is 236 g/mol. The van der Waals surface area contributed by atoms with E-state index < -0.39 is 0 Å². The van der Waals surface area contributed by atoms with Crippen LogP contribution in [0.5, 0.6) is 0 Å². The van der Waals surface area contributed by atoms with E-state index in [0.29, 0.717) is 17.2 Å². The molecule has 2 aliphatic heterocycles. The zero-order valence-corrected chi connectivity index (χ0v) is 10.7. The molecule has 0 bridgehead atoms. The van der Waals surface area contributed by atoms with Crippen molar-refractivity contribution in [3.05, 3.63) is 0 Å². The van der Waals surface area contributed by atoms with E-state index in [1.54, 1.807) is 0 Å². The molecule has 0 unspecified atom stereocenters. The molecule has 1 spiro atoms. The Morgan fingerprint density at radius 3 is 2.53 bits per heavy atom. The molecule has 0 aromatic carbocycles. The average molecular weight is 236 g/mol. The normalized spacial score (nSPS) is 29.1. The van der Waals surface area contributed by atoms with Gasteiger partial charge in [0.05, 0.1) is 0 Å². The summed E-state index contributed by atoms with van der Waals surface area (Å²) in [5.41, 5.74) is 0.472. The summed E-state index contributed by atoms with van der Waals surface area (Å²) in [5.74, 6) is 0.838. The molecule has 3 heteroatoms. The summed E-state index contributed by atoms with van der Waals surface area (Å²) in [4.78, 5) is 14.6. The van der Waals surface area contributed by atoms with E-state index in [4.69, 9.17) is 0 Å². The Bertz CT molecular complexity index is 291. The van der Waals surface area contributed by atoms with Crippen LogP contribution in [-0.2, 0) is 4.79 Å². The van der Waals surface area contributed by atoms with Crippen LogP contribution in [0.2, 0.25) is 0 Å². The lowest BCUT2D eigenvalue weighted by atomic mass is 9.78. The van der Waals surface area contributed by atoms with E-state index in [2.05, 4.69) is 10.2 Å². The fraction of sp³-hybridized carbons (Fsp3) is 0.929. The summed E-state index contributed by atoms with van der Waals surface area (Å²) in [6, 6.07) is 0. The summed E-state index contributed by atoms with van der Waals surface area (Å²) >= 11 is 0. The quantitative estimate of drug-likeness (QED) is 0.752. The predicted octanol–water partition coefficient (Wildman–Crippen LogP) is 1.78. The number of carbonyl (C=O) groups excluding carboxylic acids is 1. The Kier molecular flexibility index (Phi) is 3.12. The van der Waals surface area contributed by atoms with Crippen molar-refractivity contribution >= 4 is 5.91 Å². The second-order valence-electron chi connectivity index (χ2n) is 6.24. The molecule has 0 aromatic rings. The maximum Gasteiger partial charge on any atom is 0.225 e. The Hall–Kier alpha value is -0.570. The number of nitrogens with zero attached hydrogens (tertiary/aromatic N) is 1. The summed E-state index contributed by atoms with van der Waals surface area (Å²) in [7, 11) is 0. The summed E-state index contributed by atoms with van der Waals surface area (Å²) in [5, 5.41) is 3.43. The minimum absolute atomic E-state index is 0.367. The Labute approximate surface area is 104 Å². The molecule has 0 radical (unpaired) electrons. The third-order valence-corrected chi connectivity index (χ3v) is 5.12. The van der Waals surface area contributed by atoms with Crippen molar-refractivity contribution in [1.82, 2.24) is 10.2 Å². The van der Waals surface area contributed by atoms with E-state index in [1.165, 1.54) is 32.1 Å². The van der Waals surface area contributed by atoms with Crippen LogP contribution in [0, 0.1) is 11.3 Å². The average Bonchev–Trinajstić information content (AvgIpc) is 2.99. The largest absolute Gasteiger partial charge is 0.342 e. The second-order valence-corrected chi connectivity index (χ2v) is 6.24. The third-order valence-electron chi connectivity index (χ3n) is 5.12. The molecule has 3 aliphatic rings. The molecule has 3 nitrogen and oxygen atoms in total. The molecular weight excluding hydrogens is 212 g/mol. The van der Waals surface area contributed by atoms with Crippen LogP contribution in [0.15, 0.2) is 0 Å². The Morgan fingerprint density at radius 1 is 1.12 bits per heavy atom. The van der Waals surface area contributed by atoms with E-state index in [0.717, 1.165) is 39.0 Å². The van der Waals surface area contributed by atoms with Crippen molar-refractivity contribution in [3.63, 3.8) is 0 Å². The third kappa shape index (κ3) is 2.22. The second kappa shape index (κ2) is 4.60. The van der Waals surface area contributed by atoms with Gasteiger partial charge in [-0.3, -0.25) is 4.79 Å². The van der Waals surface area contributed by atoms with Crippen LogP contribution in [0.3, 0.4) is 0 Å². The van der Waals surface area contributed by atoms with Crippen molar-refractivity contribution in [3.8, 4) is 0 Å². The highest BCUT2D eigenvalue weighted by molar-refractivity contribution is 5.79. The lowest BCUT2D eigenvalue weighted by Crippen LogP contribution is -2.40. The molecule has 0 aromatic heterocycles. The fourth-order valence-electron chi connectivity index (χ4n) is 3.92. The first-order chi connectivity index (χ1) is 8.29. The van der Waals surface area contributed by atoms with Crippen molar-refractivity contribution in [2.45, 2.75) is 44.9 Å². The van der Waals surface area contributed by atoms with Gasteiger partial charge in [-0.1, -0.05) is 12.8 Å². The summed E-state index contributed by atoms with van der Waals surface area (Å²) in [6.45, 7) is 4.36. The van der Waals surface area contributed by atoms with Gasteiger partial charge in [-0.15, -0.1) is 0 Å². The molecule has 2 saturated heterocycles. The van der Waals surface area contributed by atoms with E-state index >= 15 is 0 Å². The Morgan fingerprint density at radius 2 is 1.82 bits per heavy atom. The first-order valence-electron chi connectivity index (χ1n) is 7.29. The van der Waals surface area contributed by atoms with Crippen LogP contribution in [0.25, 0.3) is 0 Å². The summed E-state index contributed by atoms with van der Waals surface area (Å²) < 4.78 is 0. The fourth-order valence-corrected chi connectivity index (χ4v) is 3.92. The van der Waals surface area contributed by atoms with Crippen LogP contribution < -0.4 is 5.32 Å². The number of piperidine rings is 1. The van der Waals surface area contributed by atoms with Crippen LogP contribution in [-0.4, -0.2) is 37.0 Å². The number of nitrogens with one attached hydrogen (secondary N) is 1. The van der Waals surface area contributed by atoms with Gasteiger partial charge in [0.2, 0.25) is 5.91 Å². The SMILES string of the molecule is O=C(C1CCCC1)N1CCC2(CCNCC2)C1. The van der Waals surface area contributed by atoms with Crippen molar-refractivity contribution in [2.75, 3.05) is 26.2 Å². The minimum atomic E-state index is 0.367. The molecule has 1 aliphatic carbocycles. The van der Waals surface area contributed by atoms with E-state index in [1.807, 2.05) is 0 Å². The van der Waals surface area contributed by atoms with Gasteiger partial charge in [0, 0.05) is 19.0 Å². The number of hydrogen-bond donors (Lipinski definition) is 1. The topological polar surface area (TPSA) is 32.3 Å². The van der Waals surface area contributed by atoms with Crippen molar-refractivity contribution < 1.29 is 4.79 Å². The minimum Gasteiger partial charge on any atom is -0.342 e. The lowest BCUT2D eigenvalue weighted by molar-refractivity contribution is -0.134. The van der Waals surface area contributed by atoms with Crippen molar-refractivity contribution in [1.29, 1.82) is 0 Å². The van der Waals surface area contributed by atoms with Gasteiger partial charge in [-0.2, -0.15) is 0 Å². The van der Waals surface area contributed by atoms with Gasteiger partial charge in [0.1, 0.15) is 0 Å². The van der Waals surface area contributed by atoms with Crippen molar-refractivity contribution in [2.24, 2.45) is 11.3 Å². The highest BCUT2D eigenvalue weighted by atomic mass is 16.2. The Balaban J connectivity index is 1.60. The first-order valence-corrected chi connectivity index (χ1v) is 7.29. The summed E-state index contributed by atoms with van der Waals surface area (Å²) in [6.07, 6.45) is 8.59. The number of likely N-dealkylation sites (tertiary alicyclic amines) is 1. The molecule has 96 valence electrons. The van der Waals surface area contributed by atoms with Crippen LogP contribution in [0.1, 0.15) is 44.9 Å². The molecule has 1 amide bonds. The molecule has 2 heterocycles. The van der Waals surface area contributed by atoms with E-state index in [9.17, 15) is 4.79 Å². The first kappa shape index (κ1) is 11.5. The number of amides is 1. The number of rotatable bonds is 1. The molecule has 1 N–H and O–H groups in total. The van der Waals surface area contributed by atoms with E-state index in [-0.39, 0.29) is 0 Å². The van der Waals surface area contributed by atoms with Crippen LogP contribution in [0.4, 0.5) is 0 Å². The molecule has 3 rings (SSSR count). The molecule has 3 fully saturated rings. The van der Waals surface area contributed by atoms with Gasteiger partial charge in [-0.05, 0) is 50.6 Å². The number of carbonyl (C=O) groups is 1. The zero-order chi connectivity index (χ0) is 11.7. The van der Waals surface area contributed by atoms with Gasteiger partial charge in [-0.25, -0.2) is 0 Å². The standard InChI is InChI=1S/C14H24N2O/c17-13(12-3-1-2-4-12)16-10-7-14(11-16)5-8-15-9-6-14/h12,15H,1-11H2. The predicted molar refractivity (Wildman–Crippen MR) is 67.7 cm³/mol. The highest BCUT2D eigenvalue weighted by Gasteiger charge is 2.41. The van der Waals surface area contributed by atoms with Gasteiger partial charge >= 0.3 is 0 Å². The van der Waals surface area contributed by atoms with Crippen LogP contribution >= 0.6 is 0 Å². The molecule has 0 atom stereocenters. The molecule has 17 heavy (non-hydrogen) atoms. The highest BCUT2D eigenvalue weighted by Crippen LogP contribution is 2.40. The van der Waals surface area contributed by atoms with Gasteiger partial charge in [0.15, 0.2) is 0 Å². The molecular formula is C14H24N2O. The maximum atomic E-state index is 12.4. The zero-order valence-electron chi connectivity index (χ0n) is 10.7. The maximum absolute atomic E-state index is 12.4.